The van der Waals surface area contributed by atoms with E-state index in [1.165, 1.54) is 11.6 Å². The summed E-state index contributed by atoms with van der Waals surface area (Å²) in [4.78, 5) is 18.6. The van der Waals surface area contributed by atoms with Gasteiger partial charge in [0.25, 0.3) is 5.91 Å². The maximum atomic E-state index is 13.7. The van der Waals surface area contributed by atoms with Crippen LogP contribution in [-0.4, -0.2) is 17.4 Å². The molecule has 4 nitrogen and oxygen atoms in total. The van der Waals surface area contributed by atoms with Crippen LogP contribution in [0, 0.1) is 11.6 Å². The molecule has 6 heteroatoms. The summed E-state index contributed by atoms with van der Waals surface area (Å²) >= 11 is 0. The number of benzene rings is 2. The monoisotopic (exact) mass is 365 g/mol. The lowest BCUT2D eigenvalue weighted by molar-refractivity contribution is 0.102. The van der Waals surface area contributed by atoms with Crippen molar-refractivity contribution in [1.82, 2.24) is 4.98 Å². The molecule has 3 aromatic rings. The summed E-state index contributed by atoms with van der Waals surface area (Å²) in [7, 11) is 0. The molecule has 1 N–H and O–H groups in total. The van der Waals surface area contributed by atoms with Crippen LogP contribution in [-0.2, 0) is 6.42 Å². The van der Waals surface area contributed by atoms with Crippen molar-refractivity contribution in [1.29, 1.82) is 0 Å². The Hall–Kier alpha value is -3.28. The zero-order chi connectivity index (χ0) is 18.8. The van der Waals surface area contributed by atoms with Crippen molar-refractivity contribution in [3.8, 4) is 0 Å². The van der Waals surface area contributed by atoms with Crippen molar-refractivity contribution in [2.24, 2.45) is 0 Å². The molecule has 1 aliphatic heterocycles. The molecule has 2 aromatic carbocycles. The van der Waals surface area contributed by atoms with E-state index in [1.54, 1.807) is 18.3 Å². The van der Waals surface area contributed by atoms with E-state index < -0.39 is 23.2 Å². The first-order chi connectivity index (χ1) is 13.1. The van der Waals surface area contributed by atoms with Crippen LogP contribution >= 0.6 is 0 Å². The van der Waals surface area contributed by atoms with E-state index >= 15 is 0 Å². The van der Waals surface area contributed by atoms with Gasteiger partial charge < -0.3 is 10.2 Å². The van der Waals surface area contributed by atoms with Gasteiger partial charge in [-0.05, 0) is 48.7 Å². The maximum absolute atomic E-state index is 13.7. The number of nitrogens with zero attached hydrogens (tertiary/aromatic N) is 2. The van der Waals surface area contributed by atoms with Crippen LogP contribution < -0.4 is 10.2 Å². The highest BCUT2D eigenvalue weighted by molar-refractivity contribution is 6.03. The van der Waals surface area contributed by atoms with Gasteiger partial charge in [0, 0.05) is 12.2 Å². The molecule has 136 valence electrons. The number of hydrogen-bond donors (Lipinski definition) is 1. The number of carbonyl (C=O) groups excluding carboxylic acids is 1. The second kappa shape index (κ2) is 7.15. The number of nitrogens with one attached hydrogen (secondary N) is 1. The Balaban J connectivity index is 1.56. The minimum absolute atomic E-state index is 0.0895. The highest BCUT2D eigenvalue weighted by Crippen LogP contribution is 2.32. The summed E-state index contributed by atoms with van der Waals surface area (Å²) in [5.74, 6) is -2.32. The van der Waals surface area contributed by atoms with Crippen molar-refractivity contribution < 1.29 is 13.6 Å². The summed E-state index contributed by atoms with van der Waals surface area (Å²) in [6.45, 7) is 0.866. The fraction of sp³-hybridized carbons (Fsp3) is 0.143. The lowest BCUT2D eigenvalue weighted by Crippen LogP contribution is -2.24. The van der Waals surface area contributed by atoms with Gasteiger partial charge in [-0.2, -0.15) is 0 Å². The Morgan fingerprint density at radius 2 is 1.78 bits per heavy atom. The van der Waals surface area contributed by atoms with E-state index in [4.69, 9.17) is 0 Å². The first-order valence-corrected chi connectivity index (χ1v) is 8.70. The zero-order valence-electron chi connectivity index (χ0n) is 14.5. The first-order valence-electron chi connectivity index (χ1n) is 8.70. The van der Waals surface area contributed by atoms with Crippen LogP contribution in [0.2, 0.25) is 0 Å². The molecule has 1 aromatic heterocycles. The average molecular weight is 365 g/mol. The molecule has 2 heterocycles. The predicted molar refractivity (Wildman–Crippen MR) is 100 cm³/mol. The molecule has 0 spiro atoms. The van der Waals surface area contributed by atoms with Gasteiger partial charge in [0.05, 0.1) is 11.9 Å². The first kappa shape index (κ1) is 17.1. The molecule has 0 unspecified atom stereocenters. The summed E-state index contributed by atoms with van der Waals surface area (Å²) in [6, 6.07) is 15.0. The molecule has 1 aliphatic rings. The van der Waals surface area contributed by atoms with Gasteiger partial charge in [0.15, 0.2) is 0 Å². The van der Waals surface area contributed by atoms with Crippen LogP contribution in [0.4, 0.5) is 25.8 Å². The normalized spacial score (nSPS) is 13.2. The summed E-state index contributed by atoms with van der Waals surface area (Å²) in [6.07, 6.45) is 3.68. The van der Waals surface area contributed by atoms with Gasteiger partial charge in [-0.3, -0.25) is 4.79 Å². The van der Waals surface area contributed by atoms with Crippen molar-refractivity contribution >= 4 is 23.0 Å². The van der Waals surface area contributed by atoms with E-state index in [-0.39, 0.29) is 5.69 Å². The lowest BCUT2D eigenvalue weighted by Gasteiger charge is -2.31. The molecular formula is C21H17F2N3O. The van der Waals surface area contributed by atoms with E-state index in [1.807, 2.05) is 12.1 Å². The third kappa shape index (κ3) is 3.38. The van der Waals surface area contributed by atoms with Crippen LogP contribution in [0.1, 0.15) is 22.5 Å². The second-order valence-corrected chi connectivity index (χ2v) is 6.34. The molecule has 27 heavy (non-hydrogen) atoms. The smallest absolute Gasteiger partial charge is 0.274 e. The highest BCUT2D eigenvalue weighted by Gasteiger charge is 2.19. The number of anilines is 3. The molecule has 0 fully saturated rings. The Labute approximate surface area is 155 Å². The standard InChI is InChI=1S/C21H17F2N3O/c22-16-7-3-8-17(23)20(16)25-21(27)18-11-10-15(13-24-18)26-12-4-6-14-5-1-2-9-19(14)26/h1-3,5,7-11,13H,4,6,12H2,(H,25,27). The van der Waals surface area contributed by atoms with Gasteiger partial charge in [-0.15, -0.1) is 0 Å². The molecule has 4 rings (SSSR count). The number of aromatic nitrogens is 1. The molecule has 0 saturated heterocycles. The van der Waals surface area contributed by atoms with E-state index in [0.29, 0.717) is 0 Å². The van der Waals surface area contributed by atoms with Crippen molar-refractivity contribution in [3.63, 3.8) is 0 Å². The highest BCUT2D eigenvalue weighted by atomic mass is 19.1. The summed E-state index contributed by atoms with van der Waals surface area (Å²) in [5.41, 5.74) is 2.90. The van der Waals surface area contributed by atoms with Gasteiger partial charge in [-0.1, -0.05) is 24.3 Å². The summed E-state index contributed by atoms with van der Waals surface area (Å²) in [5, 5.41) is 2.24. The largest absolute Gasteiger partial charge is 0.340 e. The topological polar surface area (TPSA) is 45.2 Å². The molecule has 0 radical (unpaired) electrons. The lowest BCUT2D eigenvalue weighted by atomic mass is 10.0. The SMILES string of the molecule is O=C(Nc1c(F)cccc1F)c1ccc(N2CCCc3ccccc32)cn1. The van der Waals surface area contributed by atoms with Gasteiger partial charge in [0.1, 0.15) is 23.0 Å². The number of aryl methyl sites for hydroxylation is 1. The fourth-order valence-corrected chi connectivity index (χ4v) is 3.28. The van der Waals surface area contributed by atoms with Gasteiger partial charge >= 0.3 is 0 Å². The molecule has 0 saturated carbocycles. The van der Waals surface area contributed by atoms with Crippen LogP contribution in [0.3, 0.4) is 0 Å². The number of rotatable bonds is 3. The van der Waals surface area contributed by atoms with Crippen LogP contribution in [0.15, 0.2) is 60.8 Å². The van der Waals surface area contributed by atoms with Crippen LogP contribution in [0.25, 0.3) is 0 Å². The number of hydrogen-bond acceptors (Lipinski definition) is 3. The van der Waals surface area contributed by atoms with E-state index in [2.05, 4.69) is 27.3 Å². The molecule has 0 aliphatic carbocycles. The zero-order valence-corrected chi connectivity index (χ0v) is 14.5. The number of para-hydroxylation sites is 2. The van der Waals surface area contributed by atoms with Crippen molar-refractivity contribution in [2.75, 3.05) is 16.8 Å². The third-order valence-corrected chi connectivity index (χ3v) is 4.60. The van der Waals surface area contributed by atoms with E-state index in [9.17, 15) is 13.6 Å². The fourth-order valence-electron chi connectivity index (χ4n) is 3.28. The minimum atomic E-state index is -0.829. The quantitative estimate of drug-likeness (QED) is 0.732. The number of halogens is 2. The molecule has 0 atom stereocenters. The Morgan fingerprint density at radius 1 is 1.00 bits per heavy atom. The Kier molecular flexibility index (Phi) is 4.54. The second-order valence-electron chi connectivity index (χ2n) is 6.34. The van der Waals surface area contributed by atoms with Crippen molar-refractivity contribution in [3.05, 3.63) is 83.7 Å². The molecular weight excluding hydrogens is 348 g/mol. The molecule has 0 bridgehead atoms. The number of fused-ring (bicyclic) bond motifs is 1. The number of amides is 1. The predicted octanol–water partition coefficient (Wildman–Crippen LogP) is 4.70. The summed E-state index contributed by atoms with van der Waals surface area (Å²) < 4.78 is 27.4. The third-order valence-electron chi connectivity index (χ3n) is 4.60. The molecule has 1 amide bonds. The van der Waals surface area contributed by atoms with Crippen LogP contribution in [0.5, 0.6) is 0 Å². The maximum Gasteiger partial charge on any atom is 0.274 e. The van der Waals surface area contributed by atoms with E-state index in [0.717, 1.165) is 42.9 Å². The Morgan fingerprint density at radius 3 is 2.52 bits per heavy atom. The number of pyridine rings is 1. The number of carbonyl (C=O) groups is 1. The van der Waals surface area contributed by atoms with Gasteiger partial charge in [-0.25, -0.2) is 13.8 Å². The van der Waals surface area contributed by atoms with Crippen molar-refractivity contribution in [2.45, 2.75) is 12.8 Å². The average Bonchev–Trinajstić information content (AvgIpc) is 2.70. The van der Waals surface area contributed by atoms with Gasteiger partial charge in [0.2, 0.25) is 0 Å². The minimum Gasteiger partial charge on any atom is -0.340 e. The Bertz CT molecular complexity index is 969.